The topological polar surface area (TPSA) is 93.5 Å². The molecule has 0 aliphatic rings. The van der Waals surface area contributed by atoms with Crippen LogP contribution in [0.15, 0.2) is 18.2 Å². The van der Waals surface area contributed by atoms with Crippen LogP contribution < -0.4 is 10.6 Å². The number of hydrogen-bond acceptors (Lipinski definition) is 5. The maximum Gasteiger partial charge on any atom is 0.407 e. The fourth-order valence-corrected chi connectivity index (χ4v) is 2.00. The molecule has 7 heteroatoms. The largest absolute Gasteiger partial charge is 0.444 e. The molecule has 2 N–H and O–H groups in total. The summed E-state index contributed by atoms with van der Waals surface area (Å²) in [5, 5.41) is 16.8. The molecule has 0 radical (unpaired) electrons. The lowest BCUT2D eigenvalue weighted by atomic mass is 10.1. The van der Waals surface area contributed by atoms with Gasteiger partial charge in [0.2, 0.25) is 0 Å². The van der Waals surface area contributed by atoms with Gasteiger partial charge in [-0.3, -0.25) is 10.1 Å². The summed E-state index contributed by atoms with van der Waals surface area (Å²) in [6, 6.07) is 5.06. The lowest BCUT2D eigenvalue weighted by Crippen LogP contribution is -2.33. The summed E-state index contributed by atoms with van der Waals surface area (Å²) in [7, 11) is 0. The van der Waals surface area contributed by atoms with E-state index >= 15 is 0 Å². The van der Waals surface area contributed by atoms with E-state index < -0.39 is 11.7 Å². The summed E-state index contributed by atoms with van der Waals surface area (Å²) in [5.41, 5.74) is 1.22. The molecule has 23 heavy (non-hydrogen) atoms. The second kappa shape index (κ2) is 8.47. The molecule has 0 aliphatic heterocycles. The van der Waals surface area contributed by atoms with Crippen molar-refractivity contribution in [1.29, 1.82) is 0 Å². The van der Waals surface area contributed by atoms with Gasteiger partial charge in [0, 0.05) is 24.7 Å². The van der Waals surface area contributed by atoms with E-state index in [0.29, 0.717) is 25.2 Å². The van der Waals surface area contributed by atoms with E-state index in [1.807, 2.05) is 26.8 Å². The number of nitrogens with zero attached hydrogens (tertiary/aromatic N) is 1. The minimum Gasteiger partial charge on any atom is -0.444 e. The zero-order valence-corrected chi connectivity index (χ0v) is 14.1. The van der Waals surface area contributed by atoms with E-state index in [2.05, 4.69) is 10.6 Å². The van der Waals surface area contributed by atoms with Crippen LogP contribution in [0.2, 0.25) is 0 Å². The highest BCUT2D eigenvalue weighted by Gasteiger charge is 2.15. The van der Waals surface area contributed by atoms with Crippen molar-refractivity contribution in [2.24, 2.45) is 0 Å². The van der Waals surface area contributed by atoms with Crippen LogP contribution in [0.5, 0.6) is 0 Å². The molecule has 0 saturated carbocycles. The van der Waals surface area contributed by atoms with Crippen molar-refractivity contribution >= 4 is 11.8 Å². The van der Waals surface area contributed by atoms with E-state index in [1.165, 1.54) is 6.07 Å². The smallest absolute Gasteiger partial charge is 0.407 e. The van der Waals surface area contributed by atoms with Crippen LogP contribution in [0.25, 0.3) is 0 Å². The number of carbonyl (C=O) groups is 1. The number of benzene rings is 1. The minimum absolute atomic E-state index is 0.135. The van der Waals surface area contributed by atoms with Crippen molar-refractivity contribution in [2.75, 3.05) is 13.1 Å². The Morgan fingerprint density at radius 2 is 2.00 bits per heavy atom. The number of rotatable bonds is 7. The first-order chi connectivity index (χ1) is 10.7. The fourth-order valence-electron chi connectivity index (χ4n) is 2.00. The van der Waals surface area contributed by atoms with Gasteiger partial charge in [-0.25, -0.2) is 4.79 Å². The van der Waals surface area contributed by atoms with Crippen molar-refractivity contribution in [3.63, 3.8) is 0 Å². The number of ether oxygens (including phenoxy) is 1. The van der Waals surface area contributed by atoms with Crippen LogP contribution in [-0.2, 0) is 11.3 Å². The van der Waals surface area contributed by atoms with Crippen molar-refractivity contribution in [1.82, 2.24) is 10.6 Å². The molecule has 0 bridgehead atoms. The molecular weight excluding hydrogens is 298 g/mol. The highest BCUT2D eigenvalue weighted by atomic mass is 16.6. The van der Waals surface area contributed by atoms with Crippen molar-refractivity contribution < 1.29 is 14.5 Å². The number of hydrogen-bond donors (Lipinski definition) is 2. The average molecular weight is 323 g/mol. The quantitative estimate of drug-likeness (QED) is 0.457. The average Bonchev–Trinajstić information content (AvgIpc) is 2.41. The number of nitro benzene ring substituents is 1. The minimum atomic E-state index is -0.498. The standard InChI is InChI=1S/C16H25N3O4/c1-12-13(7-5-8-14(12)19(21)22)11-17-9-6-10-18-15(20)23-16(2,3)4/h5,7-8,17H,6,9-11H2,1-4H3,(H,18,20). The van der Waals surface area contributed by atoms with Gasteiger partial charge >= 0.3 is 6.09 Å². The van der Waals surface area contributed by atoms with Crippen LogP contribution in [0, 0.1) is 17.0 Å². The van der Waals surface area contributed by atoms with Gasteiger partial charge in [0.1, 0.15) is 5.60 Å². The first kappa shape index (κ1) is 18.9. The van der Waals surface area contributed by atoms with Crippen molar-refractivity contribution in [3.05, 3.63) is 39.4 Å². The molecule has 128 valence electrons. The molecule has 0 aromatic heterocycles. The fraction of sp³-hybridized carbons (Fsp3) is 0.562. The summed E-state index contributed by atoms with van der Waals surface area (Å²) >= 11 is 0. The summed E-state index contributed by atoms with van der Waals surface area (Å²) in [6.45, 7) is 8.95. The molecule has 0 spiro atoms. The van der Waals surface area contributed by atoms with Gasteiger partial charge in [-0.15, -0.1) is 0 Å². The van der Waals surface area contributed by atoms with Crippen molar-refractivity contribution in [3.8, 4) is 0 Å². The van der Waals surface area contributed by atoms with E-state index in [0.717, 1.165) is 12.0 Å². The number of nitrogens with one attached hydrogen (secondary N) is 2. The number of amides is 1. The summed E-state index contributed by atoms with van der Waals surface area (Å²) < 4.78 is 5.13. The van der Waals surface area contributed by atoms with E-state index in [1.54, 1.807) is 13.0 Å². The Morgan fingerprint density at radius 1 is 1.30 bits per heavy atom. The van der Waals surface area contributed by atoms with Gasteiger partial charge in [-0.2, -0.15) is 0 Å². The molecule has 1 aromatic rings. The van der Waals surface area contributed by atoms with Gasteiger partial charge < -0.3 is 15.4 Å². The van der Waals surface area contributed by atoms with E-state index in [-0.39, 0.29) is 10.6 Å². The third-order valence-corrected chi connectivity index (χ3v) is 3.13. The van der Waals surface area contributed by atoms with Crippen LogP contribution in [0.3, 0.4) is 0 Å². The predicted octanol–water partition coefficient (Wildman–Crippen LogP) is 2.91. The molecule has 0 atom stereocenters. The Hall–Kier alpha value is -2.15. The van der Waals surface area contributed by atoms with E-state index in [4.69, 9.17) is 4.74 Å². The van der Waals surface area contributed by atoms with Crippen molar-refractivity contribution in [2.45, 2.75) is 46.3 Å². The first-order valence-corrected chi connectivity index (χ1v) is 7.61. The first-order valence-electron chi connectivity index (χ1n) is 7.61. The number of carbonyl (C=O) groups excluding carboxylic acids is 1. The third kappa shape index (κ3) is 7.10. The Kier molecular flexibility index (Phi) is 6.96. The Balaban J connectivity index is 2.27. The molecule has 1 aromatic carbocycles. The second-order valence-corrected chi connectivity index (χ2v) is 6.28. The molecule has 1 amide bonds. The molecule has 1 rings (SSSR count). The maximum atomic E-state index is 11.4. The second-order valence-electron chi connectivity index (χ2n) is 6.28. The number of alkyl carbamates (subject to hydrolysis) is 1. The zero-order chi connectivity index (χ0) is 17.5. The van der Waals surface area contributed by atoms with Crippen LogP contribution in [0.4, 0.5) is 10.5 Å². The van der Waals surface area contributed by atoms with Gasteiger partial charge in [0.05, 0.1) is 4.92 Å². The van der Waals surface area contributed by atoms with Gasteiger partial charge in [0.15, 0.2) is 0 Å². The molecule has 0 unspecified atom stereocenters. The maximum absolute atomic E-state index is 11.4. The SMILES string of the molecule is Cc1c(CNCCCNC(=O)OC(C)(C)C)cccc1[N+](=O)[O-]. The molecule has 0 saturated heterocycles. The Labute approximate surface area is 136 Å². The Morgan fingerprint density at radius 3 is 2.61 bits per heavy atom. The number of nitro groups is 1. The molecular formula is C16H25N3O4. The summed E-state index contributed by atoms with van der Waals surface area (Å²) in [5.74, 6) is 0. The highest BCUT2D eigenvalue weighted by Crippen LogP contribution is 2.20. The van der Waals surface area contributed by atoms with Crippen LogP contribution >= 0.6 is 0 Å². The third-order valence-electron chi connectivity index (χ3n) is 3.13. The lowest BCUT2D eigenvalue weighted by Gasteiger charge is -2.19. The van der Waals surface area contributed by atoms with Gasteiger partial charge in [-0.1, -0.05) is 12.1 Å². The molecule has 0 aliphatic carbocycles. The van der Waals surface area contributed by atoms with Crippen LogP contribution in [0.1, 0.15) is 38.3 Å². The predicted molar refractivity (Wildman–Crippen MR) is 88.4 cm³/mol. The molecule has 7 nitrogen and oxygen atoms in total. The summed E-state index contributed by atoms with van der Waals surface area (Å²) in [6.07, 6.45) is 0.319. The lowest BCUT2D eigenvalue weighted by molar-refractivity contribution is -0.385. The molecule has 0 fully saturated rings. The van der Waals surface area contributed by atoms with Gasteiger partial charge in [0.25, 0.3) is 5.69 Å². The van der Waals surface area contributed by atoms with Gasteiger partial charge in [-0.05, 0) is 46.2 Å². The highest BCUT2D eigenvalue weighted by molar-refractivity contribution is 5.67. The molecule has 0 heterocycles. The Bertz CT molecular complexity index is 553. The van der Waals surface area contributed by atoms with Crippen LogP contribution in [-0.4, -0.2) is 29.7 Å². The normalized spacial score (nSPS) is 11.1. The van der Waals surface area contributed by atoms with E-state index in [9.17, 15) is 14.9 Å². The summed E-state index contributed by atoms with van der Waals surface area (Å²) in [4.78, 5) is 22.0. The zero-order valence-electron chi connectivity index (χ0n) is 14.1. The monoisotopic (exact) mass is 323 g/mol.